The van der Waals surface area contributed by atoms with Crippen molar-refractivity contribution in [2.45, 2.75) is 47.5 Å². The Hall–Kier alpha value is -1.97. The maximum absolute atomic E-state index is 10.7. The predicted molar refractivity (Wildman–Crippen MR) is 90.8 cm³/mol. The first-order valence-corrected chi connectivity index (χ1v) is 9.26. The lowest BCUT2D eigenvalue weighted by atomic mass is 10.2. The monoisotopic (exact) mass is 364 g/mol. The lowest BCUT2D eigenvalue weighted by Crippen LogP contribution is -2.32. The molecule has 1 aromatic heterocycles. The van der Waals surface area contributed by atoms with Crippen LogP contribution in [0.3, 0.4) is 0 Å². The molecule has 0 unspecified atom stereocenters. The number of aromatic nitrogens is 3. The second kappa shape index (κ2) is 11.5. The Kier molecular flexibility index (Phi) is 11.7. The number of carbonyl (C=O) groups is 2. The van der Waals surface area contributed by atoms with Crippen molar-refractivity contribution < 1.29 is 23.1 Å². The number of hydrogen-bond acceptors (Lipinski definition) is 6. The Morgan fingerprint density at radius 3 is 1.71 bits per heavy atom. The minimum atomic E-state index is -3.37. The topological polar surface area (TPSA) is 142 Å². The zero-order valence-corrected chi connectivity index (χ0v) is 16.0. The number of carboxylic acids is 1. The molecule has 1 heterocycles. The Morgan fingerprint density at radius 1 is 1.12 bits per heavy atom. The summed E-state index contributed by atoms with van der Waals surface area (Å²) in [7, 11) is -3.37. The van der Waals surface area contributed by atoms with E-state index < -0.39 is 21.9 Å². The Bertz CT molecular complexity index is 580. The number of H-pyrrole nitrogens is 1. The zero-order chi connectivity index (χ0) is 19.5. The van der Waals surface area contributed by atoms with Gasteiger partial charge in [-0.25, -0.2) is 13.4 Å². The standard InChI is InChI=1S/C5H9N3.C5H11NO3S.C4H8O2/c1-4(2)5-6-3-7-8-5;1-4(2)5(7)6-10(3,8)9;1-3(2)4(5)6/h3-4H,1-2H3,(H,6,7,8);4H,1-3H3,(H,6,7);3H,1-2H3,(H,5,6). The molecule has 0 aromatic carbocycles. The van der Waals surface area contributed by atoms with Gasteiger partial charge in [0.1, 0.15) is 12.2 Å². The molecular formula is C14H28N4O5S. The molecule has 0 aliphatic rings. The fraction of sp³-hybridized carbons (Fsp3) is 0.714. The summed E-state index contributed by atoms with van der Waals surface area (Å²) in [5.41, 5.74) is 0. The summed E-state index contributed by atoms with van der Waals surface area (Å²) in [5, 5.41) is 14.5. The maximum Gasteiger partial charge on any atom is 0.305 e. The zero-order valence-electron chi connectivity index (χ0n) is 15.2. The fourth-order valence-electron chi connectivity index (χ4n) is 0.794. The molecule has 1 aromatic rings. The highest BCUT2D eigenvalue weighted by Crippen LogP contribution is 2.04. The second-order valence-corrected chi connectivity index (χ2v) is 7.66. The van der Waals surface area contributed by atoms with Gasteiger partial charge in [0.2, 0.25) is 15.9 Å². The van der Waals surface area contributed by atoms with Gasteiger partial charge >= 0.3 is 5.97 Å². The van der Waals surface area contributed by atoms with Gasteiger partial charge in [-0.15, -0.1) is 0 Å². The van der Waals surface area contributed by atoms with Gasteiger partial charge in [0.05, 0.1) is 12.2 Å². The van der Waals surface area contributed by atoms with Crippen LogP contribution < -0.4 is 4.72 Å². The van der Waals surface area contributed by atoms with Crippen molar-refractivity contribution in [3.8, 4) is 0 Å². The molecule has 0 bridgehead atoms. The maximum atomic E-state index is 10.7. The first-order chi connectivity index (χ1) is 10.8. The van der Waals surface area contributed by atoms with Crippen molar-refractivity contribution in [1.82, 2.24) is 19.9 Å². The number of amides is 1. The van der Waals surface area contributed by atoms with Crippen molar-refractivity contribution in [3.05, 3.63) is 12.2 Å². The van der Waals surface area contributed by atoms with Crippen LogP contribution in [0.4, 0.5) is 0 Å². The van der Waals surface area contributed by atoms with Crippen molar-refractivity contribution in [1.29, 1.82) is 0 Å². The van der Waals surface area contributed by atoms with Crippen LogP contribution in [0.25, 0.3) is 0 Å². The van der Waals surface area contributed by atoms with E-state index in [-0.39, 0.29) is 11.8 Å². The van der Waals surface area contributed by atoms with Crippen LogP contribution in [0.5, 0.6) is 0 Å². The molecular weight excluding hydrogens is 336 g/mol. The van der Waals surface area contributed by atoms with Gasteiger partial charge in [0, 0.05) is 11.8 Å². The molecule has 3 N–H and O–H groups in total. The summed E-state index contributed by atoms with van der Waals surface area (Å²) in [6.45, 7) is 10.7. The molecule has 0 spiro atoms. The van der Waals surface area contributed by atoms with Gasteiger partial charge in [0.25, 0.3) is 0 Å². The third-order valence-electron chi connectivity index (χ3n) is 2.28. The Labute approximate surface area is 143 Å². The number of carbonyl (C=O) groups excluding carboxylic acids is 1. The van der Waals surface area contributed by atoms with Gasteiger partial charge in [-0.3, -0.25) is 19.4 Å². The molecule has 0 radical (unpaired) electrons. The normalized spacial score (nSPS) is 10.6. The average molecular weight is 364 g/mol. The van der Waals surface area contributed by atoms with Crippen LogP contribution in [-0.2, 0) is 19.6 Å². The number of sulfonamides is 1. The number of aliphatic carboxylic acids is 1. The first kappa shape index (κ1) is 24.3. The van der Waals surface area contributed by atoms with Crippen molar-refractivity contribution in [2.24, 2.45) is 11.8 Å². The van der Waals surface area contributed by atoms with E-state index in [1.165, 1.54) is 6.33 Å². The highest BCUT2D eigenvalue weighted by Gasteiger charge is 2.10. The molecule has 0 aliphatic carbocycles. The molecule has 0 saturated carbocycles. The highest BCUT2D eigenvalue weighted by atomic mass is 32.2. The number of nitrogens with one attached hydrogen (secondary N) is 2. The lowest BCUT2D eigenvalue weighted by molar-refractivity contribution is -0.140. The van der Waals surface area contributed by atoms with Crippen LogP contribution in [0, 0.1) is 11.8 Å². The Morgan fingerprint density at radius 2 is 1.58 bits per heavy atom. The molecule has 0 aliphatic heterocycles. The molecule has 140 valence electrons. The van der Waals surface area contributed by atoms with E-state index >= 15 is 0 Å². The van der Waals surface area contributed by atoms with E-state index in [2.05, 4.69) is 29.0 Å². The molecule has 1 rings (SSSR count). The smallest absolute Gasteiger partial charge is 0.305 e. The number of carboxylic acid groups (broad SMARTS) is 1. The summed E-state index contributed by atoms with van der Waals surface area (Å²) < 4.78 is 22.7. The SMILES string of the molecule is CC(C)C(=O)NS(C)(=O)=O.CC(C)C(=O)O.CC(C)c1ncn[nH]1. The number of aromatic amines is 1. The third kappa shape index (κ3) is 14.9. The summed E-state index contributed by atoms with van der Waals surface area (Å²) in [4.78, 5) is 24.3. The van der Waals surface area contributed by atoms with E-state index in [4.69, 9.17) is 5.11 Å². The molecule has 0 fully saturated rings. The molecule has 1 amide bonds. The highest BCUT2D eigenvalue weighted by molar-refractivity contribution is 7.89. The van der Waals surface area contributed by atoms with Crippen LogP contribution in [0.2, 0.25) is 0 Å². The van der Waals surface area contributed by atoms with Gasteiger partial charge in [-0.1, -0.05) is 41.5 Å². The molecule has 0 atom stereocenters. The van der Waals surface area contributed by atoms with Gasteiger partial charge in [0.15, 0.2) is 0 Å². The quantitative estimate of drug-likeness (QED) is 0.732. The fourth-order valence-corrected chi connectivity index (χ4v) is 1.39. The largest absolute Gasteiger partial charge is 0.481 e. The van der Waals surface area contributed by atoms with E-state index in [0.29, 0.717) is 5.92 Å². The van der Waals surface area contributed by atoms with Gasteiger partial charge in [-0.05, 0) is 0 Å². The van der Waals surface area contributed by atoms with E-state index in [1.807, 2.05) is 4.72 Å². The van der Waals surface area contributed by atoms with Crippen LogP contribution in [0.15, 0.2) is 6.33 Å². The second-order valence-electron chi connectivity index (χ2n) is 5.91. The van der Waals surface area contributed by atoms with Crippen LogP contribution >= 0.6 is 0 Å². The van der Waals surface area contributed by atoms with Gasteiger partial charge in [-0.2, -0.15) is 5.10 Å². The van der Waals surface area contributed by atoms with E-state index in [1.54, 1.807) is 27.7 Å². The van der Waals surface area contributed by atoms with Crippen molar-refractivity contribution in [3.63, 3.8) is 0 Å². The predicted octanol–water partition coefficient (Wildman–Crippen LogP) is 1.37. The summed E-state index contributed by atoms with van der Waals surface area (Å²) in [6, 6.07) is 0. The number of nitrogens with zero attached hydrogens (tertiary/aromatic N) is 2. The van der Waals surface area contributed by atoms with Gasteiger partial charge < -0.3 is 5.11 Å². The molecule has 24 heavy (non-hydrogen) atoms. The first-order valence-electron chi connectivity index (χ1n) is 7.37. The van der Waals surface area contributed by atoms with Crippen molar-refractivity contribution in [2.75, 3.05) is 6.26 Å². The van der Waals surface area contributed by atoms with Crippen LogP contribution in [-0.4, -0.2) is 46.8 Å². The number of rotatable bonds is 4. The summed E-state index contributed by atoms with van der Waals surface area (Å²) in [6.07, 6.45) is 2.47. The summed E-state index contributed by atoms with van der Waals surface area (Å²) >= 11 is 0. The number of hydrogen-bond donors (Lipinski definition) is 3. The summed E-state index contributed by atoms with van der Waals surface area (Å²) in [5.74, 6) is -0.334. The minimum absolute atomic E-state index is 0.231. The minimum Gasteiger partial charge on any atom is -0.481 e. The lowest BCUT2D eigenvalue weighted by Gasteiger charge is -2.03. The molecule has 10 heteroatoms. The molecule has 9 nitrogen and oxygen atoms in total. The van der Waals surface area contributed by atoms with E-state index in [9.17, 15) is 18.0 Å². The third-order valence-corrected chi connectivity index (χ3v) is 2.86. The Balaban J connectivity index is 0. The van der Waals surface area contributed by atoms with E-state index in [0.717, 1.165) is 12.1 Å². The average Bonchev–Trinajstić information content (AvgIpc) is 2.91. The van der Waals surface area contributed by atoms with Crippen LogP contribution in [0.1, 0.15) is 53.3 Å². The molecule has 0 saturated heterocycles. The van der Waals surface area contributed by atoms with Crippen molar-refractivity contribution >= 4 is 21.9 Å².